The normalized spacial score (nSPS) is 19.9. The van der Waals surface area contributed by atoms with Gasteiger partial charge in [-0.25, -0.2) is 4.98 Å². The third-order valence-electron chi connectivity index (χ3n) is 6.47. The molecule has 0 radical (unpaired) electrons. The van der Waals surface area contributed by atoms with Gasteiger partial charge in [-0.15, -0.1) is 0 Å². The Bertz CT molecular complexity index is 980. The summed E-state index contributed by atoms with van der Waals surface area (Å²) >= 11 is 0. The number of amides is 2. The highest BCUT2D eigenvalue weighted by Gasteiger charge is 2.39. The maximum absolute atomic E-state index is 13.3. The molecule has 2 aliphatic rings. The highest BCUT2D eigenvalue weighted by atomic mass is 16.2. The number of likely N-dealkylation sites (tertiary alicyclic amines) is 1. The highest BCUT2D eigenvalue weighted by Crippen LogP contribution is 2.29. The van der Waals surface area contributed by atoms with E-state index in [1.165, 1.54) is 6.42 Å². The number of para-hydroxylation sites is 1. The number of hydrogen-bond acceptors (Lipinski definition) is 4. The number of nitrogens with zero attached hydrogens (tertiary/aromatic N) is 3. The Hall–Kier alpha value is -2.70. The minimum Gasteiger partial charge on any atom is -0.334 e. The quantitative estimate of drug-likeness (QED) is 0.821. The second-order valence-corrected chi connectivity index (χ2v) is 8.41. The molecule has 2 amide bonds. The molecule has 1 N–H and O–H groups in total. The Morgan fingerprint density at radius 3 is 2.67 bits per heavy atom. The molecular weight excluding hydrogens is 380 g/mol. The summed E-state index contributed by atoms with van der Waals surface area (Å²) in [5.74, 6) is 0.645. The van der Waals surface area contributed by atoms with Gasteiger partial charge in [0.25, 0.3) is 5.56 Å². The predicted molar refractivity (Wildman–Crippen MR) is 115 cm³/mol. The molecular formula is C23H30N4O3. The number of H-pyrrole nitrogens is 1. The number of carbonyl (C=O) groups excluding carboxylic acids is 2. The van der Waals surface area contributed by atoms with Crippen molar-refractivity contribution in [2.45, 2.75) is 64.5 Å². The van der Waals surface area contributed by atoms with Gasteiger partial charge in [-0.3, -0.25) is 14.4 Å². The fraction of sp³-hybridized carbons (Fsp3) is 0.565. The lowest BCUT2D eigenvalue weighted by Gasteiger charge is -2.32. The molecule has 7 heteroatoms. The van der Waals surface area contributed by atoms with E-state index in [1.54, 1.807) is 23.1 Å². The van der Waals surface area contributed by atoms with E-state index in [-0.39, 0.29) is 29.8 Å². The number of benzene rings is 1. The van der Waals surface area contributed by atoms with Crippen LogP contribution in [0, 0.1) is 5.92 Å². The molecule has 1 aliphatic carbocycles. The van der Waals surface area contributed by atoms with Crippen molar-refractivity contribution >= 4 is 22.7 Å². The van der Waals surface area contributed by atoms with Gasteiger partial charge in [0, 0.05) is 19.0 Å². The van der Waals surface area contributed by atoms with Crippen LogP contribution in [0.5, 0.6) is 0 Å². The third kappa shape index (κ3) is 4.11. The van der Waals surface area contributed by atoms with E-state index in [9.17, 15) is 14.4 Å². The van der Waals surface area contributed by atoms with Crippen molar-refractivity contribution < 1.29 is 9.59 Å². The van der Waals surface area contributed by atoms with Gasteiger partial charge in [-0.1, -0.05) is 31.4 Å². The van der Waals surface area contributed by atoms with Crippen LogP contribution in [-0.2, 0) is 16.1 Å². The summed E-state index contributed by atoms with van der Waals surface area (Å²) in [6.45, 7) is 3.31. The monoisotopic (exact) mass is 410 g/mol. The molecule has 2 fully saturated rings. The van der Waals surface area contributed by atoms with Crippen LogP contribution in [0.3, 0.4) is 0 Å². The topological polar surface area (TPSA) is 86.4 Å². The molecule has 0 bridgehead atoms. The molecule has 4 rings (SSSR count). The number of likely N-dealkylation sites (N-methyl/N-ethyl adjacent to an activating group) is 1. The molecule has 1 aromatic carbocycles. The van der Waals surface area contributed by atoms with Crippen molar-refractivity contribution in [2.75, 3.05) is 13.1 Å². The van der Waals surface area contributed by atoms with Crippen molar-refractivity contribution in [3.63, 3.8) is 0 Å². The molecule has 2 heterocycles. The maximum atomic E-state index is 13.3. The summed E-state index contributed by atoms with van der Waals surface area (Å²) in [6.07, 6.45) is 6.85. The molecule has 1 saturated heterocycles. The summed E-state index contributed by atoms with van der Waals surface area (Å²) in [5.41, 5.74) is 0.420. The summed E-state index contributed by atoms with van der Waals surface area (Å²) < 4.78 is 0. The summed E-state index contributed by atoms with van der Waals surface area (Å²) in [5, 5.41) is 0.538. The Morgan fingerprint density at radius 1 is 1.13 bits per heavy atom. The maximum Gasteiger partial charge on any atom is 0.258 e. The molecule has 1 aromatic heterocycles. The lowest BCUT2D eigenvalue weighted by atomic mass is 9.88. The number of carbonyl (C=O) groups is 2. The zero-order chi connectivity index (χ0) is 21.1. The summed E-state index contributed by atoms with van der Waals surface area (Å²) in [4.78, 5) is 49.6. The SMILES string of the molecule is CCN(Cc1nc2ccccc2c(=O)[nH]1)C(=O)C1CCCN1C(=O)C1CCCCC1. The first-order chi connectivity index (χ1) is 14.6. The van der Waals surface area contributed by atoms with E-state index in [4.69, 9.17) is 0 Å². The molecule has 160 valence electrons. The van der Waals surface area contributed by atoms with E-state index in [1.807, 2.05) is 17.9 Å². The first-order valence-corrected chi connectivity index (χ1v) is 11.2. The number of nitrogens with one attached hydrogen (secondary N) is 1. The van der Waals surface area contributed by atoms with E-state index >= 15 is 0 Å². The molecule has 1 aliphatic heterocycles. The van der Waals surface area contributed by atoms with Crippen LogP contribution in [0.25, 0.3) is 10.9 Å². The van der Waals surface area contributed by atoms with Crippen LogP contribution >= 0.6 is 0 Å². The number of fused-ring (bicyclic) bond motifs is 1. The van der Waals surface area contributed by atoms with Gasteiger partial charge in [-0.2, -0.15) is 0 Å². The van der Waals surface area contributed by atoms with Crippen molar-refractivity contribution in [1.82, 2.24) is 19.8 Å². The zero-order valence-corrected chi connectivity index (χ0v) is 17.6. The molecule has 1 saturated carbocycles. The molecule has 1 unspecified atom stereocenters. The molecule has 0 spiro atoms. The van der Waals surface area contributed by atoms with E-state index < -0.39 is 6.04 Å². The third-order valence-corrected chi connectivity index (χ3v) is 6.47. The lowest BCUT2D eigenvalue weighted by Crippen LogP contribution is -2.49. The summed E-state index contributed by atoms with van der Waals surface area (Å²) in [7, 11) is 0. The Kier molecular flexibility index (Phi) is 6.16. The zero-order valence-electron chi connectivity index (χ0n) is 17.6. The molecule has 7 nitrogen and oxygen atoms in total. The smallest absolute Gasteiger partial charge is 0.258 e. The van der Waals surface area contributed by atoms with Crippen LogP contribution in [-0.4, -0.2) is 50.7 Å². The van der Waals surface area contributed by atoms with Gasteiger partial charge in [0.2, 0.25) is 11.8 Å². The van der Waals surface area contributed by atoms with E-state index in [2.05, 4.69) is 9.97 Å². The number of aromatic nitrogens is 2. The largest absolute Gasteiger partial charge is 0.334 e. The Labute approximate surface area is 176 Å². The second kappa shape index (κ2) is 8.98. The Morgan fingerprint density at radius 2 is 1.90 bits per heavy atom. The summed E-state index contributed by atoms with van der Waals surface area (Å²) in [6, 6.07) is 6.79. The van der Waals surface area contributed by atoms with Gasteiger partial charge in [0.05, 0.1) is 17.4 Å². The van der Waals surface area contributed by atoms with Gasteiger partial charge < -0.3 is 14.8 Å². The van der Waals surface area contributed by atoms with Crippen LogP contribution in [0.15, 0.2) is 29.1 Å². The van der Waals surface area contributed by atoms with E-state index in [0.717, 1.165) is 32.1 Å². The standard InChI is InChI=1S/C23H30N4O3/c1-2-26(15-20-24-18-12-7-6-11-17(18)21(28)25-20)23(30)19-13-8-14-27(19)22(29)16-9-4-3-5-10-16/h6-7,11-12,16,19H,2-5,8-10,13-15H2,1H3,(H,24,25,28). The van der Waals surface area contributed by atoms with Gasteiger partial charge >= 0.3 is 0 Å². The van der Waals surface area contributed by atoms with Crippen molar-refractivity contribution in [3.8, 4) is 0 Å². The van der Waals surface area contributed by atoms with Crippen LogP contribution < -0.4 is 5.56 Å². The van der Waals surface area contributed by atoms with Gasteiger partial charge in [0.1, 0.15) is 11.9 Å². The minimum atomic E-state index is -0.397. The second-order valence-electron chi connectivity index (χ2n) is 8.41. The number of aromatic amines is 1. The van der Waals surface area contributed by atoms with Gasteiger partial charge in [-0.05, 0) is 44.7 Å². The highest BCUT2D eigenvalue weighted by molar-refractivity contribution is 5.89. The lowest BCUT2D eigenvalue weighted by molar-refractivity contribution is -0.146. The Balaban J connectivity index is 1.50. The molecule has 1 atom stereocenters. The number of rotatable bonds is 5. The van der Waals surface area contributed by atoms with Crippen LogP contribution in [0.2, 0.25) is 0 Å². The van der Waals surface area contributed by atoms with Crippen LogP contribution in [0.4, 0.5) is 0 Å². The van der Waals surface area contributed by atoms with Crippen LogP contribution in [0.1, 0.15) is 57.7 Å². The average molecular weight is 411 g/mol. The molecule has 30 heavy (non-hydrogen) atoms. The number of hydrogen-bond donors (Lipinski definition) is 1. The van der Waals surface area contributed by atoms with Gasteiger partial charge in [0.15, 0.2) is 0 Å². The predicted octanol–water partition coefficient (Wildman–Crippen LogP) is 2.84. The van der Waals surface area contributed by atoms with E-state index in [0.29, 0.717) is 36.2 Å². The fourth-order valence-electron chi connectivity index (χ4n) is 4.82. The van der Waals surface area contributed by atoms with Crippen molar-refractivity contribution in [3.05, 3.63) is 40.4 Å². The van der Waals surface area contributed by atoms with Crippen molar-refractivity contribution in [2.24, 2.45) is 5.92 Å². The average Bonchev–Trinajstić information content (AvgIpc) is 3.27. The molecule has 2 aromatic rings. The minimum absolute atomic E-state index is 0.0463. The fourth-order valence-corrected chi connectivity index (χ4v) is 4.82. The van der Waals surface area contributed by atoms with Crippen molar-refractivity contribution in [1.29, 1.82) is 0 Å². The first-order valence-electron chi connectivity index (χ1n) is 11.2. The first kappa shape index (κ1) is 20.6.